The average molecular weight is 321 g/mol. The van der Waals surface area contributed by atoms with Crippen LogP contribution in [-0.4, -0.2) is 45.8 Å². The number of aryl methyl sites for hydroxylation is 2. The molecule has 3 rings (SSSR count). The van der Waals surface area contributed by atoms with E-state index in [0.717, 1.165) is 11.6 Å². The van der Waals surface area contributed by atoms with Crippen LogP contribution in [0.2, 0.25) is 5.02 Å². The van der Waals surface area contributed by atoms with Crippen molar-refractivity contribution in [1.82, 2.24) is 19.7 Å². The lowest BCUT2D eigenvalue weighted by Gasteiger charge is -2.39. The van der Waals surface area contributed by atoms with E-state index in [1.54, 1.807) is 23.1 Å². The molecule has 1 fully saturated rings. The van der Waals surface area contributed by atoms with E-state index in [0.29, 0.717) is 29.4 Å². The number of halogens is 1. The van der Waals surface area contributed by atoms with Crippen LogP contribution < -0.4 is 4.74 Å². The van der Waals surface area contributed by atoms with Crippen LogP contribution >= 0.6 is 11.6 Å². The fourth-order valence-corrected chi connectivity index (χ4v) is 2.83. The highest BCUT2D eigenvalue weighted by Gasteiger charge is 2.34. The van der Waals surface area contributed by atoms with Crippen LogP contribution in [0.3, 0.4) is 0 Å². The van der Waals surface area contributed by atoms with E-state index < -0.39 is 0 Å². The number of hydrogen-bond acceptors (Lipinski definition) is 4. The van der Waals surface area contributed by atoms with Crippen LogP contribution in [0.25, 0.3) is 0 Å². The summed E-state index contributed by atoms with van der Waals surface area (Å²) in [6.07, 6.45) is 0. The molecule has 1 saturated heterocycles. The summed E-state index contributed by atoms with van der Waals surface area (Å²) in [5, 5.41) is 4.86. The first-order chi connectivity index (χ1) is 10.5. The van der Waals surface area contributed by atoms with Crippen molar-refractivity contribution in [3.8, 4) is 5.75 Å². The minimum atomic E-state index is -0.0271. The Kier molecular flexibility index (Phi) is 3.78. The van der Waals surface area contributed by atoms with Gasteiger partial charge >= 0.3 is 0 Å². The second-order valence-corrected chi connectivity index (χ2v) is 5.77. The first-order valence-corrected chi connectivity index (χ1v) is 7.40. The number of ether oxygens (including phenoxy) is 1. The van der Waals surface area contributed by atoms with Gasteiger partial charge in [0.25, 0.3) is 5.91 Å². The van der Waals surface area contributed by atoms with Crippen molar-refractivity contribution in [3.63, 3.8) is 0 Å². The summed E-state index contributed by atoms with van der Waals surface area (Å²) >= 11 is 5.98. The van der Waals surface area contributed by atoms with Gasteiger partial charge in [-0.25, -0.2) is 9.67 Å². The number of hydrogen-bond donors (Lipinski definition) is 0. The Morgan fingerprint density at radius 2 is 2.09 bits per heavy atom. The third kappa shape index (κ3) is 2.54. The summed E-state index contributed by atoms with van der Waals surface area (Å²) in [4.78, 5) is 18.5. The number of carbonyl (C=O) groups excluding carboxylic acids is 1. The number of aromatic nitrogens is 3. The number of methoxy groups -OCH3 is 1. The highest BCUT2D eigenvalue weighted by atomic mass is 35.5. The summed E-state index contributed by atoms with van der Waals surface area (Å²) in [5.41, 5.74) is 0.575. The molecule has 1 aliphatic rings. The lowest BCUT2D eigenvalue weighted by molar-refractivity contribution is 0.0496. The molecule has 22 heavy (non-hydrogen) atoms. The van der Waals surface area contributed by atoms with E-state index in [-0.39, 0.29) is 11.9 Å². The van der Waals surface area contributed by atoms with Crippen LogP contribution in [-0.2, 0) is 0 Å². The Morgan fingerprint density at radius 1 is 1.36 bits per heavy atom. The summed E-state index contributed by atoms with van der Waals surface area (Å²) in [6, 6.07) is 5.25. The van der Waals surface area contributed by atoms with Crippen molar-refractivity contribution in [2.75, 3.05) is 20.2 Å². The van der Waals surface area contributed by atoms with Gasteiger partial charge in [-0.15, -0.1) is 0 Å². The highest BCUT2D eigenvalue weighted by molar-refractivity contribution is 6.32. The zero-order valence-electron chi connectivity index (χ0n) is 12.7. The Hall–Kier alpha value is -2.08. The molecular formula is C15H17ClN4O2. The second kappa shape index (κ2) is 5.61. The molecule has 0 N–H and O–H groups in total. The standard InChI is InChI=1S/C15H17ClN4O2/c1-9-17-10(2)20(18-9)12-7-19(8-12)15(21)11-4-5-13(16)14(6-11)22-3/h4-6,12H,7-8H2,1-3H3. The van der Waals surface area contributed by atoms with Gasteiger partial charge < -0.3 is 9.64 Å². The SMILES string of the molecule is COc1cc(C(=O)N2CC(n3nc(C)nc3C)C2)ccc1Cl. The molecule has 7 heteroatoms. The molecule has 1 aromatic heterocycles. The smallest absolute Gasteiger partial charge is 0.254 e. The lowest BCUT2D eigenvalue weighted by Crippen LogP contribution is -2.51. The van der Waals surface area contributed by atoms with Crippen molar-refractivity contribution in [2.24, 2.45) is 0 Å². The molecule has 1 amide bonds. The molecule has 0 bridgehead atoms. The molecule has 116 valence electrons. The predicted octanol–water partition coefficient (Wildman–Crippen LogP) is 2.25. The van der Waals surface area contributed by atoms with Gasteiger partial charge in [0.05, 0.1) is 18.2 Å². The Morgan fingerprint density at radius 3 is 2.68 bits per heavy atom. The molecule has 1 aliphatic heterocycles. The molecule has 0 aliphatic carbocycles. The van der Waals surface area contributed by atoms with E-state index in [2.05, 4.69) is 10.1 Å². The van der Waals surface area contributed by atoms with E-state index >= 15 is 0 Å². The molecule has 2 aromatic rings. The monoisotopic (exact) mass is 320 g/mol. The number of rotatable bonds is 3. The fourth-order valence-electron chi connectivity index (χ4n) is 2.63. The molecule has 0 radical (unpaired) electrons. The van der Waals surface area contributed by atoms with Gasteiger partial charge in [-0.3, -0.25) is 4.79 Å². The molecular weight excluding hydrogens is 304 g/mol. The number of amides is 1. The Bertz CT molecular complexity index is 722. The molecule has 6 nitrogen and oxygen atoms in total. The molecule has 2 heterocycles. The van der Waals surface area contributed by atoms with Crippen LogP contribution in [0, 0.1) is 13.8 Å². The summed E-state index contributed by atoms with van der Waals surface area (Å²) in [7, 11) is 1.53. The van der Waals surface area contributed by atoms with Crippen LogP contribution in [0.4, 0.5) is 0 Å². The van der Waals surface area contributed by atoms with Crippen LogP contribution in [0.15, 0.2) is 18.2 Å². The molecule has 0 spiro atoms. The van der Waals surface area contributed by atoms with E-state index in [9.17, 15) is 4.79 Å². The molecule has 0 atom stereocenters. The van der Waals surface area contributed by atoms with Crippen molar-refractivity contribution < 1.29 is 9.53 Å². The van der Waals surface area contributed by atoms with Gasteiger partial charge in [0.1, 0.15) is 17.4 Å². The van der Waals surface area contributed by atoms with Gasteiger partial charge in [-0.05, 0) is 32.0 Å². The third-order valence-corrected chi connectivity index (χ3v) is 4.11. The first kappa shape index (κ1) is 14.8. The second-order valence-electron chi connectivity index (χ2n) is 5.36. The van der Waals surface area contributed by atoms with E-state index in [1.165, 1.54) is 7.11 Å². The van der Waals surface area contributed by atoms with Crippen molar-refractivity contribution >= 4 is 17.5 Å². The van der Waals surface area contributed by atoms with Crippen molar-refractivity contribution in [3.05, 3.63) is 40.4 Å². The maximum Gasteiger partial charge on any atom is 0.254 e. The number of carbonyl (C=O) groups is 1. The van der Waals surface area contributed by atoms with Gasteiger partial charge in [-0.1, -0.05) is 11.6 Å². The number of benzene rings is 1. The summed E-state index contributed by atoms with van der Waals surface area (Å²) < 4.78 is 7.04. The maximum absolute atomic E-state index is 12.5. The zero-order chi connectivity index (χ0) is 15.9. The third-order valence-electron chi connectivity index (χ3n) is 3.80. The Labute approximate surface area is 133 Å². The van der Waals surface area contributed by atoms with E-state index in [4.69, 9.17) is 16.3 Å². The molecule has 0 saturated carbocycles. The molecule has 0 unspecified atom stereocenters. The fraction of sp³-hybridized carbons (Fsp3) is 0.400. The maximum atomic E-state index is 12.5. The zero-order valence-corrected chi connectivity index (χ0v) is 13.5. The summed E-state index contributed by atoms with van der Waals surface area (Å²) in [5.74, 6) is 2.11. The number of nitrogens with zero attached hydrogens (tertiary/aromatic N) is 4. The summed E-state index contributed by atoms with van der Waals surface area (Å²) in [6.45, 7) is 5.06. The van der Waals surface area contributed by atoms with Gasteiger partial charge in [0.2, 0.25) is 0 Å². The average Bonchev–Trinajstić information content (AvgIpc) is 2.76. The molecule has 1 aromatic carbocycles. The predicted molar refractivity (Wildman–Crippen MR) is 82.4 cm³/mol. The largest absolute Gasteiger partial charge is 0.495 e. The van der Waals surface area contributed by atoms with Crippen molar-refractivity contribution in [1.29, 1.82) is 0 Å². The highest BCUT2D eigenvalue weighted by Crippen LogP contribution is 2.28. The van der Waals surface area contributed by atoms with Gasteiger partial charge in [0, 0.05) is 18.7 Å². The van der Waals surface area contributed by atoms with Crippen molar-refractivity contribution in [2.45, 2.75) is 19.9 Å². The lowest BCUT2D eigenvalue weighted by atomic mass is 10.1. The van der Waals surface area contributed by atoms with Crippen LogP contribution in [0.1, 0.15) is 28.0 Å². The minimum Gasteiger partial charge on any atom is -0.495 e. The Balaban J connectivity index is 1.70. The quantitative estimate of drug-likeness (QED) is 0.870. The normalized spacial score (nSPS) is 14.8. The van der Waals surface area contributed by atoms with Gasteiger partial charge in [0.15, 0.2) is 0 Å². The van der Waals surface area contributed by atoms with E-state index in [1.807, 2.05) is 18.5 Å². The minimum absolute atomic E-state index is 0.0271. The van der Waals surface area contributed by atoms with Gasteiger partial charge in [-0.2, -0.15) is 5.10 Å². The first-order valence-electron chi connectivity index (χ1n) is 7.02. The number of likely N-dealkylation sites (tertiary alicyclic amines) is 1. The topological polar surface area (TPSA) is 60.2 Å². The van der Waals surface area contributed by atoms with Crippen LogP contribution in [0.5, 0.6) is 5.75 Å².